The van der Waals surface area contributed by atoms with Crippen molar-refractivity contribution in [1.29, 1.82) is 0 Å². The Bertz CT molecular complexity index is 365. The topological polar surface area (TPSA) is 21.3 Å². The highest BCUT2D eigenvalue weighted by atomic mass is 19.1. The summed E-state index contributed by atoms with van der Waals surface area (Å²) in [5.41, 5.74) is 2.04. The number of hydrogen-bond acceptors (Lipinski definition) is 2. The summed E-state index contributed by atoms with van der Waals surface area (Å²) in [4.78, 5) is 0. The zero-order valence-electron chi connectivity index (χ0n) is 11.3. The Kier molecular flexibility index (Phi) is 5.09. The normalized spacial score (nSPS) is 15.0. The summed E-state index contributed by atoms with van der Waals surface area (Å²) < 4.78 is 18.9. The standard InChI is InChI=1S/C14H22FNO/c1-9(2)14(17-5)13(16-4)12-8-11(15)7-6-10(12)3/h6-9,13-14,16H,1-5H3. The lowest BCUT2D eigenvalue weighted by Gasteiger charge is -2.30. The Morgan fingerprint density at radius 2 is 1.94 bits per heavy atom. The van der Waals surface area contributed by atoms with E-state index in [0.717, 1.165) is 11.1 Å². The second-order valence-corrected chi connectivity index (χ2v) is 4.71. The van der Waals surface area contributed by atoms with Crippen LogP contribution in [0.3, 0.4) is 0 Å². The van der Waals surface area contributed by atoms with Gasteiger partial charge in [0.1, 0.15) is 5.82 Å². The molecule has 0 aliphatic rings. The molecule has 1 aromatic carbocycles. The zero-order valence-corrected chi connectivity index (χ0v) is 11.3. The van der Waals surface area contributed by atoms with Gasteiger partial charge in [-0.2, -0.15) is 0 Å². The van der Waals surface area contributed by atoms with Gasteiger partial charge in [0.15, 0.2) is 0 Å². The van der Waals surface area contributed by atoms with Crippen molar-refractivity contribution >= 4 is 0 Å². The van der Waals surface area contributed by atoms with Gasteiger partial charge in [0, 0.05) is 7.11 Å². The molecular weight excluding hydrogens is 217 g/mol. The number of ether oxygens (including phenoxy) is 1. The summed E-state index contributed by atoms with van der Waals surface area (Å²) in [6.45, 7) is 6.20. The van der Waals surface area contributed by atoms with Crippen LogP contribution in [-0.2, 0) is 4.74 Å². The van der Waals surface area contributed by atoms with Crippen LogP contribution in [0.4, 0.5) is 4.39 Å². The second kappa shape index (κ2) is 6.12. The summed E-state index contributed by atoms with van der Waals surface area (Å²) in [6, 6.07) is 4.89. The molecule has 0 aromatic heterocycles. The molecule has 1 N–H and O–H groups in total. The van der Waals surface area contributed by atoms with E-state index in [0.29, 0.717) is 5.92 Å². The van der Waals surface area contributed by atoms with Crippen LogP contribution < -0.4 is 5.32 Å². The average Bonchev–Trinajstić information content (AvgIpc) is 2.28. The van der Waals surface area contributed by atoms with Gasteiger partial charge in [0.05, 0.1) is 12.1 Å². The molecule has 0 aliphatic heterocycles. The molecule has 1 rings (SSSR count). The van der Waals surface area contributed by atoms with Gasteiger partial charge in [-0.3, -0.25) is 0 Å². The molecule has 2 nitrogen and oxygen atoms in total. The maximum Gasteiger partial charge on any atom is 0.123 e. The number of rotatable bonds is 5. The second-order valence-electron chi connectivity index (χ2n) is 4.71. The lowest BCUT2D eigenvalue weighted by atomic mass is 9.91. The SMILES string of the molecule is CNC(c1cc(F)ccc1C)C(OC)C(C)C. The first-order valence-corrected chi connectivity index (χ1v) is 5.97. The Labute approximate surface area is 103 Å². The third-order valence-corrected chi connectivity index (χ3v) is 3.15. The lowest BCUT2D eigenvalue weighted by Crippen LogP contribution is -2.35. The van der Waals surface area contributed by atoms with Crippen LogP contribution in [0.5, 0.6) is 0 Å². The summed E-state index contributed by atoms with van der Waals surface area (Å²) in [5, 5.41) is 3.23. The van der Waals surface area contributed by atoms with Gasteiger partial charge in [0.25, 0.3) is 0 Å². The van der Waals surface area contributed by atoms with Crippen molar-refractivity contribution in [3.63, 3.8) is 0 Å². The van der Waals surface area contributed by atoms with Crippen LogP contribution in [0, 0.1) is 18.7 Å². The van der Waals surface area contributed by atoms with Crippen LogP contribution in [0.1, 0.15) is 31.0 Å². The first-order chi connectivity index (χ1) is 8.01. The average molecular weight is 239 g/mol. The van der Waals surface area contributed by atoms with Crippen molar-refractivity contribution in [2.45, 2.75) is 32.9 Å². The number of nitrogens with one attached hydrogen (secondary N) is 1. The molecule has 1 aromatic rings. The van der Waals surface area contributed by atoms with Crippen molar-refractivity contribution in [3.8, 4) is 0 Å². The molecule has 0 fully saturated rings. The summed E-state index contributed by atoms with van der Waals surface area (Å²) >= 11 is 0. The zero-order chi connectivity index (χ0) is 13.0. The van der Waals surface area contributed by atoms with Crippen LogP contribution in [0.2, 0.25) is 0 Å². The van der Waals surface area contributed by atoms with Crippen molar-refractivity contribution < 1.29 is 9.13 Å². The summed E-state index contributed by atoms with van der Waals surface area (Å²) in [5.74, 6) is 0.157. The van der Waals surface area contributed by atoms with Gasteiger partial charge < -0.3 is 10.1 Å². The molecule has 0 spiro atoms. The molecule has 0 amide bonds. The molecule has 0 heterocycles. The van der Waals surface area contributed by atoms with Crippen LogP contribution in [0.25, 0.3) is 0 Å². The van der Waals surface area contributed by atoms with Gasteiger partial charge in [-0.05, 0) is 43.1 Å². The van der Waals surface area contributed by atoms with Crippen molar-refractivity contribution in [2.24, 2.45) is 5.92 Å². The van der Waals surface area contributed by atoms with E-state index in [4.69, 9.17) is 4.74 Å². The molecule has 17 heavy (non-hydrogen) atoms. The Balaban J connectivity index is 3.11. The largest absolute Gasteiger partial charge is 0.379 e. The monoisotopic (exact) mass is 239 g/mol. The third kappa shape index (κ3) is 3.27. The number of hydrogen-bond donors (Lipinski definition) is 1. The molecule has 0 saturated heterocycles. The van der Waals surface area contributed by atoms with E-state index in [-0.39, 0.29) is 18.0 Å². The van der Waals surface area contributed by atoms with E-state index >= 15 is 0 Å². The van der Waals surface area contributed by atoms with E-state index in [1.165, 1.54) is 6.07 Å². The van der Waals surface area contributed by atoms with Gasteiger partial charge in [-0.15, -0.1) is 0 Å². The predicted octanol–water partition coefficient (Wildman–Crippen LogP) is 3.07. The Hall–Kier alpha value is -0.930. The summed E-state index contributed by atoms with van der Waals surface area (Å²) in [6.07, 6.45) is 0.0282. The summed E-state index contributed by atoms with van der Waals surface area (Å²) in [7, 11) is 3.58. The quantitative estimate of drug-likeness (QED) is 0.852. The fourth-order valence-electron chi connectivity index (χ4n) is 2.24. The molecule has 0 aliphatic carbocycles. The number of halogens is 1. The fraction of sp³-hybridized carbons (Fsp3) is 0.571. The smallest absolute Gasteiger partial charge is 0.123 e. The highest BCUT2D eigenvalue weighted by Crippen LogP contribution is 2.27. The van der Waals surface area contributed by atoms with E-state index in [1.807, 2.05) is 20.0 Å². The van der Waals surface area contributed by atoms with Crippen LogP contribution >= 0.6 is 0 Å². The van der Waals surface area contributed by atoms with E-state index in [2.05, 4.69) is 19.2 Å². The Morgan fingerprint density at radius 3 is 2.41 bits per heavy atom. The number of benzene rings is 1. The van der Waals surface area contributed by atoms with E-state index < -0.39 is 0 Å². The van der Waals surface area contributed by atoms with Crippen molar-refractivity contribution in [2.75, 3.05) is 14.2 Å². The molecule has 2 atom stereocenters. The van der Waals surface area contributed by atoms with Gasteiger partial charge in [-0.1, -0.05) is 19.9 Å². The maximum atomic E-state index is 13.3. The number of methoxy groups -OCH3 is 1. The molecule has 96 valence electrons. The highest BCUT2D eigenvalue weighted by molar-refractivity contribution is 5.30. The number of aryl methyl sites for hydroxylation is 1. The van der Waals surface area contributed by atoms with Gasteiger partial charge in [-0.25, -0.2) is 4.39 Å². The lowest BCUT2D eigenvalue weighted by molar-refractivity contribution is 0.0346. The fourth-order valence-corrected chi connectivity index (χ4v) is 2.24. The maximum absolute atomic E-state index is 13.3. The number of likely N-dealkylation sites (N-methyl/N-ethyl adjacent to an activating group) is 1. The molecule has 3 heteroatoms. The molecule has 0 saturated carbocycles. The minimum atomic E-state index is -0.204. The first-order valence-electron chi connectivity index (χ1n) is 5.97. The van der Waals surface area contributed by atoms with Crippen molar-refractivity contribution in [1.82, 2.24) is 5.32 Å². The molecule has 0 bridgehead atoms. The van der Waals surface area contributed by atoms with Gasteiger partial charge in [0.2, 0.25) is 0 Å². The van der Waals surface area contributed by atoms with E-state index in [1.54, 1.807) is 13.2 Å². The molecule has 0 radical (unpaired) electrons. The van der Waals surface area contributed by atoms with Crippen LogP contribution in [-0.4, -0.2) is 20.3 Å². The Morgan fingerprint density at radius 1 is 1.29 bits per heavy atom. The molecule has 2 unspecified atom stereocenters. The third-order valence-electron chi connectivity index (χ3n) is 3.15. The van der Waals surface area contributed by atoms with Crippen molar-refractivity contribution in [3.05, 3.63) is 35.1 Å². The first kappa shape index (κ1) is 14.1. The highest BCUT2D eigenvalue weighted by Gasteiger charge is 2.25. The predicted molar refractivity (Wildman–Crippen MR) is 68.6 cm³/mol. The van der Waals surface area contributed by atoms with Gasteiger partial charge >= 0.3 is 0 Å². The minimum absolute atomic E-state index is 0.00991. The van der Waals surface area contributed by atoms with Crippen LogP contribution in [0.15, 0.2) is 18.2 Å². The molecular formula is C14H22FNO. The van der Waals surface area contributed by atoms with E-state index in [9.17, 15) is 4.39 Å². The minimum Gasteiger partial charge on any atom is -0.379 e.